The van der Waals surface area contributed by atoms with Gasteiger partial charge in [0.15, 0.2) is 0 Å². The maximum Gasteiger partial charge on any atom is 0.323 e. The van der Waals surface area contributed by atoms with Crippen LogP contribution in [0.4, 0.5) is 9.59 Å². The van der Waals surface area contributed by atoms with E-state index in [2.05, 4.69) is 33.2 Å². The lowest BCUT2D eigenvalue weighted by atomic mass is 9.85. The second kappa shape index (κ2) is 12.6. The number of nitrogens with zero attached hydrogens (tertiary/aromatic N) is 1. The summed E-state index contributed by atoms with van der Waals surface area (Å²) in [5.41, 5.74) is -1.53. The summed E-state index contributed by atoms with van der Waals surface area (Å²) in [6, 6.07) is -4.53. The first-order valence-electron chi connectivity index (χ1n) is 14.2. The van der Waals surface area contributed by atoms with Crippen LogP contribution >= 0.6 is 0 Å². The highest BCUT2D eigenvalue weighted by Crippen LogP contribution is 2.65. The number of fused-ring (bicyclic) bond motifs is 1. The van der Waals surface area contributed by atoms with Crippen LogP contribution in [0.3, 0.4) is 0 Å². The molecule has 5 atom stereocenters. The number of nitrogens with one attached hydrogen (secondary N) is 5. The predicted molar refractivity (Wildman–Crippen MR) is 155 cm³/mol. The molecule has 1 saturated heterocycles. The molecule has 0 aromatic carbocycles. The Kier molecular flexibility index (Phi) is 10.4. The van der Waals surface area contributed by atoms with Crippen molar-refractivity contribution in [2.75, 3.05) is 13.1 Å². The van der Waals surface area contributed by atoms with E-state index < -0.39 is 64.6 Å². The van der Waals surface area contributed by atoms with Crippen molar-refractivity contribution in [2.45, 2.75) is 98.8 Å². The molecule has 0 bridgehead atoms. The summed E-state index contributed by atoms with van der Waals surface area (Å²) >= 11 is 0. The number of imide groups is 1. The first-order valence-corrected chi connectivity index (χ1v) is 14.2. The molecule has 5 unspecified atom stereocenters. The third kappa shape index (κ3) is 8.29. The number of piperidine rings is 1. The van der Waals surface area contributed by atoms with Crippen molar-refractivity contribution in [1.29, 1.82) is 0 Å². The second-order valence-corrected chi connectivity index (χ2v) is 13.7. The summed E-state index contributed by atoms with van der Waals surface area (Å²) < 4.78 is 0. The summed E-state index contributed by atoms with van der Waals surface area (Å²) in [6.07, 6.45) is 2.25. The van der Waals surface area contributed by atoms with Crippen molar-refractivity contribution in [3.8, 4) is 0 Å². The molecule has 7 amide bonds. The van der Waals surface area contributed by atoms with E-state index in [0.717, 1.165) is 0 Å². The molecule has 0 radical (unpaired) electrons. The number of ketones is 1. The zero-order valence-electron chi connectivity index (χ0n) is 25.9. The summed E-state index contributed by atoms with van der Waals surface area (Å²) in [4.78, 5) is 79.3. The summed E-state index contributed by atoms with van der Waals surface area (Å²) in [6.45, 7) is 20.5. The molecule has 12 nitrogen and oxygen atoms in total. The molecule has 230 valence electrons. The normalized spacial score (nSPS) is 22.4. The molecule has 1 saturated carbocycles. The molecule has 1 aliphatic carbocycles. The van der Waals surface area contributed by atoms with E-state index in [0.29, 0.717) is 13.0 Å². The highest BCUT2D eigenvalue weighted by molar-refractivity contribution is 6.38. The molecule has 0 spiro atoms. The quantitative estimate of drug-likeness (QED) is 0.197. The maximum absolute atomic E-state index is 14.0. The van der Waals surface area contributed by atoms with Gasteiger partial charge in [0.25, 0.3) is 5.91 Å². The Morgan fingerprint density at radius 1 is 1.00 bits per heavy atom. The fourth-order valence-electron chi connectivity index (χ4n) is 5.49. The summed E-state index contributed by atoms with van der Waals surface area (Å²) in [5.74, 6) is -2.64. The van der Waals surface area contributed by atoms with Crippen molar-refractivity contribution >= 4 is 35.6 Å². The molecule has 41 heavy (non-hydrogen) atoms. The van der Waals surface area contributed by atoms with Gasteiger partial charge in [-0.2, -0.15) is 0 Å². The monoisotopic (exact) mass is 576 g/mol. The van der Waals surface area contributed by atoms with E-state index in [-0.39, 0.29) is 30.2 Å². The van der Waals surface area contributed by atoms with Crippen LogP contribution in [0.15, 0.2) is 12.7 Å². The van der Waals surface area contributed by atoms with Gasteiger partial charge in [0.2, 0.25) is 17.6 Å². The number of amides is 7. The average Bonchev–Trinajstić information content (AvgIpc) is 3.15. The van der Waals surface area contributed by atoms with Gasteiger partial charge in [0, 0.05) is 18.6 Å². The summed E-state index contributed by atoms with van der Waals surface area (Å²) in [5, 5.41) is 12.6. The number of carbonyl (C=O) groups excluding carboxylic acids is 6. The van der Waals surface area contributed by atoms with Crippen molar-refractivity contribution in [3.63, 3.8) is 0 Å². The Morgan fingerprint density at radius 2 is 1.61 bits per heavy atom. The highest BCUT2D eigenvalue weighted by atomic mass is 16.2. The molecule has 0 aromatic heterocycles. The Balaban J connectivity index is 2.27. The standard InChI is InChI=1S/C29H48N6O6/c1-11-13-17(20(36)23(38)30-14-12-2)31-22(37)19-18-16(29(18,9)10)15-35(19)24(39)21(27(3,4)5)32-25(40)33-26(41)34-28(6,7)8/h12,16-19,21H,2,11,13-15H2,1,3-10H3,(H,30,38)(H,31,37)(H3,32,33,34,40,41). The third-order valence-corrected chi connectivity index (χ3v) is 7.71. The summed E-state index contributed by atoms with van der Waals surface area (Å²) in [7, 11) is 0. The SMILES string of the molecule is C=CCNC(=O)C(=O)C(CCC)NC(=O)C1C2C(CN1C(=O)C(NC(=O)NC(=O)NC(C)(C)C)C(C)(C)C)C2(C)C. The number of likely N-dealkylation sites (tertiary alicyclic amines) is 1. The number of hydrogen-bond donors (Lipinski definition) is 5. The van der Waals surface area contributed by atoms with Crippen LogP contribution in [-0.4, -0.2) is 77.2 Å². The van der Waals surface area contributed by atoms with Crippen molar-refractivity contribution < 1.29 is 28.8 Å². The number of Topliss-reactive ketones (excluding diaryl/α,β-unsaturated/α-hetero) is 1. The minimum atomic E-state index is -1.06. The zero-order chi connectivity index (χ0) is 31.5. The van der Waals surface area contributed by atoms with Crippen LogP contribution in [0.2, 0.25) is 0 Å². The largest absolute Gasteiger partial charge is 0.346 e. The highest BCUT2D eigenvalue weighted by Gasteiger charge is 2.69. The van der Waals surface area contributed by atoms with Gasteiger partial charge >= 0.3 is 12.1 Å². The van der Waals surface area contributed by atoms with Crippen molar-refractivity contribution in [1.82, 2.24) is 31.5 Å². The first kappa shape index (κ1) is 33.8. The number of carbonyl (C=O) groups is 6. The predicted octanol–water partition coefficient (Wildman–Crippen LogP) is 1.85. The minimum absolute atomic E-state index is 0.0606. The van der Waals surface area contributed by atoms with Gasteiger partial charge in [-0.15, -0.1) is 6.58 Å². The van der Waals surface area contributed by atoms with Gasteiger partial charge in [0.1, 0.15) is 12.1 Å². The molecular weight excluding hydrogens is 528 g/mol. The van der Waals surface area contributed by atoms with Gasteiger partial charge in [-0.05, 0) is 49.9 Å². The molecule has 2 fully saturated rings. The van der Waals surface area contributed by atoms with E-state index in [9.17, 15) is 28.8 Å². The molecule has 1 aliphatic heterocycles. The van der Waals surface area contributed by atoms with E-state index in [1.165, 1.54) is 11.0 Å². The molecule has 1 heterocycles. The van der Waals surface area contributed by atoms with Crippen LogP contribution in [0.1, 0.15) is 75.2 Å². The fraction of sp³-hybridized carbons (Fsp3) is 0.724. The van der Waals surface area contributed by atoms with Gasteiger partial charge in [-0.1, -0.05) is 54.0 Å². The van der Waals surface area contributed by atoms with Crippen LogP contribution in [0.25, 0.3) is 0 Å². The second-order valence-electron chi connectivity index (χ2n) is 13.7. The number of rotatable bonds is 10. The number of urea groups is 2. The molecule has 5 N–H and O–H groups in total. The Labute approximate surface area is 243 Å². The van der Waals surface area contributed by atoms with Gasteiger partial charge in [0.05, 0.1) is 6.04 Å². The van der Waals surface area contributed by atoms with Gasteiger partial charge in [-0.25, -0.2) is 9.59 Å². The van der Waals surface area contributed by atoms with Crippen molar-refractivity contribution in [3.05, 3.63) is 12.7 Å². The van der Waals surface area contributed by atoms with Gasteiger partial charge < -0.3 is 26.2 Å². The fourth-order valence-corrected chi connectivity index (χ4v) is 5.49. The lowest BCUT2D eigenvalue weighted by Crippen LogP contribution is -2.62. The Morgan fingerprint density at radius 3 is 2.12 bits per heavy atom. The first-order chi connectivity index (χ1) is 18.8. The average molecular weight is 577 g/mol. The molecule has 2 aliphatic rings. The smallest absolute Gasteiger partial charge is 0.323 e. The lowest BCUT2D eigenvalue weighted by molar-refractivity contribution is -0.145. The molecule has 12 heteroatoms. The van der Waals surface area contributed by atoms with Crippen LogP contribution in [-0.2, 0) is 19.2 Å². The van der Waals surface area contributed by atoms with E-state index in [4.69, 9.17) is 0 Å². The maximum atomic E-state index is 14.0. The molecule has 2 rings (SSSR count). The number of hydrogen-bond acceptors (Lipinski definition) is 6. The topological polar surface area (TPSA) is 166 Å². The molecule has 0 aromatic rings. The Hall–Kier alpha value is -3.44. The molecular formula is C29H48N6O6. The lowest BCUT2D eigenvalue weighted by Gasteiger charge is -2.37. The van der Waals surface area contributed by atoms with Crippen molar-refractivity contribution in [2.24, 2.45) is 22.7 Å². The van der Waals surface area contributed by atoms with Crippen LogP contribution in [0, 0.1) is 22.7 Å². The van der Waals surface area contributed by atoms with E-state index in [1.54, 1.807) is 41.5 Å². The minimum Gasteiger partial charge on any atom is -0.346 e. The third-order valence-electron chi connectivity index (χ3n) is 7.71. The Bertz CT molecular complexity index is 1070. The van der Waals surface area contributed by atoms with Gasteiger partial charge in [-0.3, -0.25) is 24.5 Å². The zero-order valence-corrected chi connectivity index (χ0v) is 25.9. The van der Waals surface area contributed by atoms with E-state index >= 15 is 0 Å². The van der Waals surface area contributed by atoms with Crippen LogP contribution < -0.4 is 26.6 Å². The van der Waals surface area contributed by atoms with Crippen LogP contribution in [0.5, 0.6) is 0 Å². The van der Waals surface area contributed by atoms with E-state index in [1.807, 2.05) is 20.8 Å².